The van der Waals surface area contributed by atoms with E-state index in [1.54, 1.807) is 6.20 Å². The third-order valence-corrected chi connectivity index (χ3v) is 3.59. The van der Waals surface area contributed by atoms with E-state index >= 15 is 0 Å². The van der Waals surface area contributed by atoms with Gasteiger partial charge in [-0.1, -0.05) is 59.8 Å². The Hall–Kier alpha value is -2.39. The minimum absolute atomic E-state index is 0.264. The van der Waals surface area contributed by atoms with Crippen molar-refractivity contribution in [1.82, 2.24) is 10.5 Å². The van der Waals surface area contributed by atoms with Gasteiger partial charge in [-0.25, -0.2) is 0 Å². The first-order valence-corrected chi connectivity index (χ1v) is 7.11. The first kappa shape index (κ1) is 13.6. The van der Waals surface area contributed by atoms with E-state index in [4.69, 9.17) is 4.52 Å². The maximum Gasteiger partial charge on any atom is 0.150 e. The first-order chi connectivity index (χ1) is 10.3. The highest BCUT2D eigenvalue weighted by Crippen LogP contribution is 2.21. The number of benzene rings is 2. The van der Waals surface area contributed by atoms with E-state index in [9.17, 15) is 0 Å². The number of nitrogens with zero attached hydrogens (tertiary/aromatic N) is 1. The lowest BCUT2D eigenvalue weighted by molar-refractivity contribution is 0.366. The Labute approximate surface area is 124 Å². The summed E-state index contributed by atoms with van der Waals surface area (Å²) in [5.41, 5.74) is 3.74. The van der Waals surface area contributed by atoms with Gasteiger partial charge in [0.2, 0.25) is 0 Å². The van der Waals surface area contributed by atoms with Crippen molar-refractivity contribution in [1.29, 1.82) is 0 Å². The van der Waals surface area contributed by atoms with E-state index in [0.717, 1.165) is 5.76 Å². The molecule has 2 aromatic carbocycles. The standard InChI is InChI=1S/C18H18N2O/c1-14(19-13-18-11-12-20-21-18)15-7-9-17(10-8-15)16-5-3-2-4-6-16/h2-12,14,19H,13H2,1H3. The van der Waals surface area contributed by atoms with Gasteiger partial charge in [0, 0.05) is 12.1 Å². The zero-order valence-electron chi connectivity index (χ0n) is 12.0. The van der Waals surface area contributed by atoms with Gasteiger partial charge in [0.15, 0.2) is 0 Å². The van der Waals surface area contributed by atoms with Gasteiger partial charge in [-0.15, -0.1) is 0 Å². The molecule has 0 saturated heterocycles. The second-order valence-electron chi connectivity index (χ2n) is 5.07. The zero-order chi connectivity index (χ0) is 14.5. The molecule has 3 rings (SSSR count). The Morgan fingerprint density at radius 1 is 0.952 bits per heavy atom. The Kier molecular flexibility index (Phi) is 4.12. The van der Waals surface area contributed by atoms with E-state index in [-0.39, 0.29) is 6.04 Å². The molecule has 1 aromatic heterocycles. The fourth-order valence-electron chi connectivity index (χ4n) is 2.30. The molecular weight excluding hydrogens is 260 g/mol. The van der Waals surface area contributed by atoms with Crippen molar-refractivity contribution >= 4 is 0 Å². The van der Waals surface area contributed by atoms with E-state index in [1.165, 1.54) is 16.7 Å². The van der Waals surface area contributed by atoms with Crippen LogP contribution in [-0.2, 0) is 6.54 Å². The van der Waals surface area contributed by atoms with Crippen molar-refractivity contribution in [2.75, 3.05) is 0 Å². The van der Waals surface area contributed by atoms with Crippen LogP contribution in [0.25, 0.3) is 11.1 Å². The van der Waals surface area contributed by atoms with Crippen molar-refractivity contribution in [2.45, 2.75) is 19.5 Å². The molecule has 0 fully saturated rings. The van der Waals surface area contributed by atoms with Crippen molar-refractivity contribution < 1.29 is 4.52 Å². The smallest absolute Gasteiger partial charge is 0.150 e. The molecule has 3 heteroatoms. The normalized spacial score (nSPS) is 12.2. The third-order valence-electron chi connectivity index (χ3n) is 3.59. The Balaban J connectivity index is 1.66. The highest BCUT2D eigenvalue weighted by molar-refractivity contribution is 5.63. The molecule has 0 aliphatic rings. The van der Waals surface area contributed by atoms with Crippen LogP contribution in [-0.4, -0.2) is 5.16 Å². The predicted molar refractivity (Wildman–Crippen MR) is 83.6 cm³/mol. The van der Waals surface area contributed by atoms with Crippen LogP contribution in [0.2, 0.25) is 0 Å². The van der Waals surface area contributed by atoms with Crippen molar-refractivity contribution in [3.05, 3.63) is 78.2 Å². The number of hydrogen-bond donors (Lipinski definition) is 1. The molecule has 0 amide bonds. The lowest BCUT2D eigenvalue weighted by atomic mass is 10.0. The molecule has 1 N–H and O–H groups in total. The summed E-state index contributed by atoms with van der Waals surface area (Å²) in [4.78, 5) is 0. The first-order valence-electron chi connectivity index (χ1n) is 7.11. The van der Waals surface area contributed by atoms with E-state index < -0.39 is 0 Å². The maximum absolute atomic E-state index is 5.08. The number of nitrogens with one attached hydrogen (secondary N) is 1. The molecular formula is C18H18N2O. The summed E-state index contributed by atoms with van der Waals surface area (Å²) in [7, 11) is 0. The van der Waals surface area contributed by atoms with Crippen LogP contribution in [0.5, 0.6) is 0 Å². The molecule has 0 aliphatic carbocycles. The molecule has 21 heavy (non-hydrogen) atoms. The minimum atomic E-state index is 0.264. The molecule has 1 unspecified atom stereocenters. The Morgan fingerprint density at radius 3 is 2.33 bits per heavy atom. The van der Waals surface area contributed by atoms with Crippen molar-refractivity contribution in [2.24, 2.45) is 0 Å². The lowest BCUT2D eigenvalue weighted by Gasteiger charge is -2.13. The minimum Gasteiger partial charge on any atom is -0.360 e. The van der Waals surface area contributed by atoms with Crippen molar-refractivity contribution in [3.63, 3.8) is 0 Å². The van der Waals surface area contributed by atoms with Crippen molar-refractivity contribution in [3.8, 4) is 11.1 Å². The summed E-state index contributed by atoms with van der Waals surface area (Å²) < 4.78 is 5.08. The summed E-state index contributed by atoms with van der Waals surface area (Å²) >= 11 is 0. The molecule has 0 spiro atoms. The second-order valence-corrected chi connectivity index (χ2v) is 5.07. The zero-order valence-corrected chi connectivity index (χ0v) is 12.0. The molecule has 3 aromatic rings. The van der Waals surface area contributed by atoms with Crippen LogP contribution in [0.4, 0.5) is 0 Å². The van der Waals surface area contributed by atoms with Crippen LogP contribution in [0.15, 0.2) is 71.4 Å². The summed E-state index contributed by atoms with van der Waals surface area (Å²) in [6.45, 7) is 2.83. The number of hydrogen-bond acceptors (Lipinski definition) is 3. The summed E-state index contributed by atoms with van der Waals surface area (Å²) in [5, 5.41) is 7.13. The van der Waals surface area contributed by atoms with Gasteiger partial charge in [-0.3, -0.25) is 0 Å². The van der Waals surface area contributed by atoms with Gasteiger partial charge in [0.05, 0.1) is 12.7 Å². The number of aromatic nitrogens is 1. The summed E-state index contributed by atoms with van der Waals surface area (Å²) in [6.07, 6.45) is 1.66. The Bertz CT molecular complexity index is 660. The Morgan fingerprint density at radius 2 is 1.67 bits per heavy atom. The fraction of sp³-hybridized carbons (Fsp3) is 0.167. The quantitative estimate of drug-likeness (QED) is 0.760. The topological polar surface area (TPSA) is 38.1 Å². The third kappa shape index (κ3) is 3.38. The van der Waals surface area contributed by atoms with Gasteiger partial charge in [-0.2, -0.15) is 0 Å². The molecule has 106 valence electrons. The van der Waals surface area contributed by atoms with E-state index in [0.29, 0.717) is 6.54 Å². The van der Waals surface area contributed by atoms with E-state index in [2.05, 4.69) is 65.9 Å². The van der Waals surface area contributed by atoms with Crippen LogP contribution >= 0.6 is 0 Å². The molecule has 1 atom stereocenters. The highest BCUT2D eigenvalue weighted by atomic mass is 16.5. The van der Waals surface area contributed by atoms with Gasteiger partial charge < -0.3 is 9.84 Å². The van der Waals surface area contributed by atoms with Gasteiger partial charge in [0.1, 0.15) is 5.76 Å². The summed E-state index contributed by atoms with van der Waals surface area (Å²) in [6, 6.07) is 21.2. The average Bonchev–Trinajstić information content (AvgIpc) is 3.07. The van der Waals surface area contributed by atoms with Crippen LogP contribution in [0, 0.1) is 0 Å². The lowest BCUT2D eigenvalue weighted by Crippen LogP contribution is -2.17. The summed E-state index contributed by atoms with van der Waals surface area (Å²) in [5.74, 6) is 0.850. The molecule has 0 saturated carbocycles. The maximum atomic E-state index is 5.08. The molecule has 1 heterocycles. The average molecular weight is 278 g/mol. The van der Waals surface area contributed by atoms with Crippen LogP contribution in [0.1, 0.15) is 24.3 Å². The monoisotopic (exact) mass is 278 g/mol. The molecule has 0 radical (unpaired) electrons. The van der Waals surface area contributed by atoms with Crippen LogP contribution in [0.3, 0.4) is 0 Å². The predicted octanol–water partition coefficient (Wildman–Crippen LogP) is 4.19. The van der Waals surface area contributed by atoms with Gasteiger partial charge in [0.25, 0.3) is 0 Å². The van der Waals surface area contributed by atoms with E-state index in [1.807, 2.05) is 12.1 Å². The number of rotatable bonds is 5. The highest BCUT2D eigenvalue weighted by Gasteiger charge is 2.06. The molecule has 0 aliphatic heterocycles. The molecule has 0 bridgehead atoms. The van der Waals surface area contributed by atoms with Gasteiger partial charge >= 0.3 is 0 Å². The molecule has 3 nitrogen and oxygen atoms in total. The largest absolute Gasteiger partial charge is 0.360 e. The second kappa shape index (κ2) is 6.37. The van der Waals surface area contributed by atoms with Crippen LogP contribution < -0.4 is 5.32 Å². The van der Waals surface area contributed by atoms with Gasteiger partial charge in [-0.05, 0) is 23.6 Å². The SMILES string of the molecule is CC(NCc1ccno1)c1ccc(-c2ccccc2)cc1. The fourth-order valence-corrected chi connectivity index (χ4v) is 2.30.